The van der Waals surface area contributed by atoms with Crippen LogP contribution < -0.4 is 0 Å². The Morgan fingerprint density at radius 1 is 1.46 bits per heavy atom. The number of rotatable bonds is 2. The predicted molar refractivity (Wildman–Crippen MR) is 57.3 cm³/mol. The number of nitrogens with zero attached hydrogens (tertiary/aromatic N) is 1. The molecule has 2 rings (SSSR count). The molecule has 1 aromatic carbocycles. The van der Waals surface area contributed by atoms with Crippen LogP contribution in [0.4, 0.5) is 0 Å². The Morgan fingerprint density at radius 2 is 2.23 bits per heavy atom. The van der Waals surface area contributed by atoms with Crippen molar-refractivity contribution in [3.8, 4) is 0 Å². The molecule has 0 fully saturated rings. The standard InChI is InChI=1S/C9H7NOS2/c11-9(12)5-8-10-6-3-1-2-4-7(6)13-8/h1-4H,5H2,(H,11,12). The third-order valence-electron chi connectivity index (χ3n) is 1.64. The summed E-state index contributed by atoms with van der Waals surface area (Å²) >= 11 is 5.26. The fourth-order valence-corrected chi connectivity index (χ4v) is 2.35. The maximum absolute atomic E-state index is 10.7. The number of hydrogen-bond donors (Lipinski definition) is 1. The highest BCUT2D eigenvalue weighted by atomic mass is 32.1. The smallest absolute Gasteiger partial charge is 0.192 e. The molecular formula is C9H7NOS2. The number of benzene rings is 1. The topological polar surface area (TPSA) is 30.0 Å². The van der Waals surface area contributed by atoms with Crippen molar-refractivity contribution in [2.24, 2.45) is 0 Å². The molecule has 4 heteroatoms. The minimum atomic E-state index is -0.140. The molecule has 0 amide bonds. The monoisotopic (exact) mass is 209 g/mol. The lowest BCUT2D eigenvalue weighted by atomic mass is 10.3. The van der Waals surface area contributed by atoms with Crippen LogP contribution in [-0.4, -0.2) is 10.1 Å². The molecule has 0 unspecified atom stereocenters. The number of hydrogen-bond acceptors (Lipinski definition) is 3. The van der Waals surface area contributed by atoms with Crippen molar-refractivity contribution in [3.63, 3.8) is 0 Å². The van der Waals surface area contributed by atoms with Gasteiger partial charge in [-0.3, -0.25) is 4.79 Å². The highest BCUT2D eigenvalue weighted by Crippen LogP contribution is 2.21. The highest BCUT2D eigenvalue weighted by Gasteiger charge is 2.04. The molecule has 0 N–H and O–H groups in total. The summed E-state index contributed by atoms with van der Waals surface area (Å²) in [6.07, 6.45) is 0.322. The number of aromatic nitrogens is 1. The molecule has 0 radical (unpaired) electrons. The van der Waals surface area contributed by atoms with Crippen LogP contribution in [0.5, 0.6) is 0 Å². The zero-order valence-corrected chi connectivity index (χ0v) is 8.44. The molecule has 2 nitrogen and oxygen atoms in total. The molecule has 0 bridgehead atoms. The van der Waals surface area contributed by atoms with E-state index >= 15 is 0 Å². The Labute approximate surface area is 85.0 Å². The van der Waals surface area contributed by atoms with Gasteiger partial charge in [0.1, 0.15) is 5.01 Å². The Kier molecular flexibility index (Phi) is 2.33. The second-order valence-electron chi connectivity index (χ2n) is 2.65. The molecule has 2 aromatic rings. The van der Waals surface area contributed by atoms with Gasteiger partial charge in [-0.05, 0) is 12.1 Å². The van der Waals surface area contributed by atoms with Crippen molar-refractivity contribution >= 4 is 39.3 Å². The first-order chi connectivity index (χ1) is 6.25. The molecule has 0 aliphatic carbocycles. The summed E-state index contributed by atoms with van der Waals surface area (Å²) in [5.41, 5.74) is 0.956. The minimum Gasteiger partial charge on any atom is -0.287 e. The van der Waals surface area contributed by atoms with Gasteiger partial charge in [0, 0.05) is 0 Å². The average molecular weight is 209 g/mol. The van der Waals surface area contributed by atoms with Crippen molar-refractivity contribution < 1.29 is 4.79 Å². The number of thiazole rings is 1. The van der Waals surface area contributed by atoms with Gasteiger partial charge in [-0.15, -0.1) is 24.0 Å². The summed E-state index contributed by atoms with van der Waals surface area (Å²) in [4.78, 5) is 15.0. The largest absolute Gasteiger partial charge is 0.287 e. The Morgan fingerprint density at radius 3 is 2.92 bits per heavy atom. The molecule has 66 valence electrons. The lowest BCUT2D eigenvalue weighted by Crippen LogP contribution is -1.91. The van der Waals surface area contributed by atoms with Crippen molar-refractivity contribution in [2.75, 3.05) is 0 Å². The molecular weight excluding hydrogens is 202 g/mol. The lowest BCUT2D eigenvalue weighted by molar-refractivity contribution is -0.110. The first-order valence-corrected chi connectivity index (χ1v) is 5.08. The van der Waals surface area contributed by atoms with Gasteiger partial charge < -0.3 is 0 Å². The summed E-state index contributed by atoms with van der Waals surface area (Å²) in [6.45, 7) is 0. The summed E-state index contributed by atoms with van der Waals surface area (Å²) in [5, 5.41) is 0.695. The fourth-order valence-electron chi connectivity index (χ4n) is 1.12. The Balaban J connectivity index is 2.44. The summed E-state index contributed by atoms with van der Waals surface area (Å²) in [5.74, 6) is 0. The number of carbonyl (C=O) groups is 1. The van der Waals surface area contributed by atoms with E-state index in [0.717, 1.165) is 15.2 Å². The molecule has 0 aliphatic rings. The Bertz CT molecular complexity index is 417. The zero-order valence-electron chi connectivity index (χ0n) is 6.73. The van der Waals surface area contributed by atoms with Crippen LogP contribution >= 0.6 is 24.0 Å². The van der Waals surface area contributed by atoms with Crippen LogP contribution in [0.1, 0.15) is 5.01 Å². The Hall–Kier alpha value is -0.870. The fraction of sp³-hybridized carbons (Fsp3) is 0.111. The van der Waals surface area contributed by atoms with E-state index in [9.17, 15) is 4.79 Å². The molecule has 0 aliphatic heterocycles. The molecule has 0 atom stereocenters. The van der Waals surface area contributed by atoms with Crippen molar-refractivity contribution in [1.29, 1.82) is 0 Å². The molecule has 1 aromatic heterocycles. The number of para-hydroxylation sites is 1. The van der Waals surface area contributed by atoms with E-state index in [1.165, 1.54) is 0 Å². The van der Waals surface area contributed by atoms with Crippen molar-refractivity contribution in [2.45, 2.75) is 6.42 Å². The number of fused-ring (bicyclic) bond motifs is 1. The molecule has 0 spiro atoms. The van der Waals surface area contributed by atoms with Gasteiger partial charge in [-0.1, -0.05) is 12.1 Å². The van der Waals surface area contributed by atoms with E-state index in [-0.39, 0.29) is 5.12 Å². The normalized spacial score (nSPS) is 10.5. The number of thiol groups is 1. The van der Waals surface area contributed by atoms with Crippen LogP contribution in [0.3, 0.4) is 0 Å². The van der Waals surface area contributed by atoms with Gasteiger partial charge >= 0.3 is 0 Å². The van der Waals surface area contributed by atoms with E-state index in [2.05, 4.69) is 17.6 Å². The predicted octanol–water partition coefficient (Wildman–Crippen LogP) is 2.30. The molecule has 13 heavy (non-hydrogen) atoms. The second kappa shape index (κ2) is 3.47. The molecule has 0 saturated heterocycles. The van der Waals surface area contributed by atoms with Crippen molar-refractivity contribution in [1.82, 2.24) is 4.98 Å². The zero-order chi connectivity index (χ0) is 9.26. The van der Waals surface area contributed by atoms with E-state index in [4.69, 9.17) is 0 Å². The van der Waals surface area contributed by atoms with Gasteiger partial charge in [0.25, 0.3) is 0 Å². The van der Waals surface area contributed by atoms with Crippen LogP contribution in [0.15, 0.2) is 24.3 Å². The third kappa shape index (κ3) is 1.89. The molecule has 1 heterocycles. The van der Waals surface area contributed by atoms with Gasteiger partial charge in [0.15, 0.2) is 5.12 Å². The second-order valence-corrected chi connectivity index (χ2v) is 4.26. The quantitative estimate of drug-likeness (QED) is 0.769. The summed E-state index contributed by atoms with van der Waals surface area (Å²) < 4.78 is 1.12. The van der Waals surface area contributed by atoms with E-state index in [1.807, 2.05) is 24.3 Å². The van der Waals surface area contributed by atoms with E-state index in [1.54, 1.807) is 11.3 Å². The van der Waals surface area contributed by atoms with Gasteiger partial charge in [0.05, 0.1) is 16.6 Å². The van der Waals surface area contributed by atoms with Gasteiger partial charge in [-0.2, -0.15) is 0 Å². The van der Waals surface area contributed by atoms with E-state index < -0.39 is 0 Å². The maximum Gasteiger partial charge on any atom is 0.192 e. The molecule has 0 saturated carbocycles. The van der Waals surface area contributed by atoms with Crippen LogP contribution in [-0.2, 0) is 11.2 Å². The first-order valence-electron chi connectivity index (χ1n) is 3.82. The van der Waals surface area contributed by atoms with Crippen LogP contribution in [0.2, 0.25) is 0 Å². The van der Waals surface area contributed by atoms with Crippen molar-refractivity contribution in [3.05, 3.63) is 29.3 Å². The maximum atomic E-state index is 10.7. The SMILES string of the molecule is O=C(S)Cc1nc2ccccc2s1. The average Bonchev–Trinajstić information content (AvgIpc) is 2.44. The summed E-state index contributed by atoms with van der Waals surface area (Å²) in [7, 11) is 0. The lowest BCUT2D eigenvalue weighted by Gasteiger charge is -1.84. The highest BCUT2D eigenvalue weighted by molar-refractivity contribution is 7.96. The van der Waals surface area contributed by atoms with Crippen LogP contribution in [0, 0.1) is 0 Å². The first kappa shape index (κ1) is 8.72. The van der Waals surface area contributed by atoms with Gasteiger partial charge in [0.2, 0.25) is 0 Å². The van der Waals surface area contributed by atoms with Crippen LogP contribution in [0.25, 0.3) is 10.2 Å². The summed E-state index contributed by atoms with van der Waals surface area (Å²) in [6, 6.07) is 7.85. The van der Waals surface area contributed by atoms with Gasteiger partial charge in [-0.25, -0.2) is 4.98 Å². The minimum absolute atomic E-state index is 0.140. The number of carbonyl (C=O) groups excluding carboxylic acids is 1. The third-order valence-corrected chi connectivity index (χ3v) is 2.84. The van der Waals surface area contributed by atoms with E-state index in [0.29, 0.717) is 6.42 Å².